The van der Waals surface area contributed by atoms with Gasteiger partial charge in [0.25, 0.3) is 0 Å². The predicted molar refractivity (Wildman–Crippen MR) is 61.6 cm³/mol. The Balaban J connectivity index is 2.93. The summed E-state index contributed by atoms with van der Waals surface area (Å²) in [7, 11) is 0. The topological polar surface area (TPSA) is 37.3 Å². The smallest absolute Gasteiger partial charge is 0.184 e. The Hall–Kier alpha value is -1.31. The molecule has 1 N–H and O–H groups in total. The number of allylic oxidation sites excluding steroid dienone is 6. The molecule has 1 rings (SSSR count). The maximum Gasteiger partial charge on any atom is 0.184 e. The van der Waals surface area contributed by atoms with Crippen LogP contribution < -0.4 is 0 Å². The average molecular weight is 206 g/mol. The fourth-order valence-electron chi connectivity index (χ4n) is 1.81. The Kier molecular flexibility index (Phi) is 3.51. The van der Waals surface area contributed by atoms with E-state index in [1.165, 1.54) is 5.57 Å². The van der Waals surface area contributed by atoms with E-state index in [0.717, 1.165) is 6.42 Å². The number of hydrogen-bond donors (Lipinski definition) is 1. The zero-order chi connectivity index (χ0) is 11.5. The van der Waals surface area contributed by atoms with Crippen LogP contribution >= 0.6 is 0 Å². The number of rotatable bonds is 3. The van der Waals surface area contributed by atoms with E-state index < -0.39 is 0 Å². The summed E-state index contributed by atoms with van der Waals surface area (Å²) in [4.78, 5) is 10.4. The minimum absolute atomic E-state index is 0.0446. The standard InChI is InChI=1S/C13H18O2/c1-4-10-5-6-11(7-12(15)9-14)13(2,3)8-10/h5-9,11,15H,4H2,1-3H3. The normalized spacial score (nSPS) is 24.9. The molecule has 1 aliphatic carbocycles. The van der Waals surface area contributed by atoms with Crippen LogP contribution in [0.15, 0.2) is 35.6 Å². The quantitative estimate of drug-likeness (QED) is 0.437. The van der Waals surface area contributed by atoms with E-state index in [4.69, 9.17) is 0 Å². The Morgan fingerprint density at radius 3 is 2.73 bits per heavy atom. The predicted octanol–water partition coefficient (Wildman–Crippen LogP) is 3.18. The molecule has 0 fully saturated rings. The lowest BCUT2D eigenvalue weighted by Gasteiger charge is -2.31. The molecule has 1 atom stereocenters. The number of aliphatic hydroxyl groups is 1. The molecule has 2 nitrogen and oxygen atoms in total. The van der Waals surface area contributed by atoms with Crippen LogP contribution in [0.5, 0.6) is 0 Å². The molecule has 2 heteroatoms. The van der Waals surface area contributed by atoms with E-state index in [0.29, 0.717) is 6.29 Å². The van der Waals surface area contributed by atoms with Crippen molar-refractivity contribution in [1.82, 2.24) is 0 Å². The molecule has 0 saturated carbocycles. The lowest BCUT2D eigenvalue weighted by Crippen LogP contribution is -2.21. The maximum atomic E-state index is 10.4. The second kappa shape index (κ2) is 4.47. The summed E-state index contributed by atoms with van der Waals surface area (Å²) in [6.45, 7) is 6.32. The van der Waals surface area contributed by atoms with Crippen LogP contribution in [0, 0.1) is 11.3 Å². The number of hydrogen-bond acceptors (Lipinski definition) is 2. The molecular formula is C13H18O2. The molecule has 0 radical (unpaired) electrons. The Bertz CT molecular complexity index is 332. The van der Waals surface area contributed by atoms with Crippen molar-refractivity contribution in [3.63, 3.8) is 0 Å². The first-order valence-electron chi connectivity index (χ1n) is 5.25. The zero-order valence-corrected chi connectivity index (χ0v) is 9.53. The van der Waals surface area contributed by atoms with Gasteiger partial charge in [-0.2, -0.15) is 0 Å². The van der Waals surface area contributed by atoms with Gasteiger partial charge in [-0.05, 0) is 17.9 Å². The summed E-state index contributed by atoms with van der Waals surface area (Å²) in [6.07, 6.45) is 9.39. The summed E-state index contributed by atoms with van der Waals surface area (Å²) in [5, 5.41) is 9.20. The number of aldehydes is 1. The number of aliphatic hydroxyl groups excluding tert-OH is 1. The summed E-state index contributed by atoms with van der Waals surface area (Å²) in [5.74, 6) is -0.107. The first-order valence-corrected chi connectivity index (χ1v) is 5.25. The highest BCUT2D eigenvalue weighted by Crippen LogP contribution is 2.36. The second-order valence-electron chi connectivity index (χ2n) is 4.49. The van der Waals surface area contributed by atoms with Gasteiger partial charge in [0.2, 0.25) is 0 Å². The maximum absolute atomic E-state index is 10.4. The van der Waals surface area contributed by atoms with Crippen molar-refractivity contribution in [3.05, 3.63) is 35.6 Å². The molecule has 15 heavy (non-hydrogen) atoms. The molecule has 0 amide bonds. The van der Waals surface area contributed by atoms with Gasteiger partial charge in [0.05, 0.1) is 0 Å². The lowest BCUT2D eigenvalue weighted by molar-refractivity contribution is -0.107. The highest BCUT2D eigenvalue weighted by molar-refractivity contribution is 5.69. The largest absolute Gasteiger partial charge is 0.505 e. The van der Waals surface area contributed by atoms with Crippen LogP contribution in [0.3, 0.4) is 0 Å². The van der Waals surface area contributed by atoms with Crippen molar-refractivity contribution in [3.8, 4) is 0 Å². The van der Waals surface area contributed by atoms with Crippen molar-refractivity contribution >= 4 is 6.29 Å². The highest BCUT2D eigenvalue weighted by atomic mass is 16.3. The van der Waals surface area contributed by atoms with Crippen LogP contribution in [0.2, 0.25) is 0 Å². The Morgan fingerprint density at radius 1 is 1.60 bits per heavy atom. The summed E-state index contributed by atoms with van der Waals surface area (Å²) < 4.78 is 0. The van der Waals surface area contributed by atoms with Crippen molar-refractivity contribution in [1.29, 1.82) is 0 Å². The number of carbonyl (C=O) groups excluding carboxylic acids is 1. The second-order valence-corrected chi connectivity index (χ2v) is 4.49. The van der Waals surface area contributed by atoms with Gasteiger partial charge in [-0.1, -0.05) is 44.6 Å². The first-order chi connectivity index (χ1) is 6.99. The van der Waals surface area contributed by atoms with Gasteiger partial charge in [-0.25, -0.2) is 0 Å². The van der Waals surface area contributed by atoms with Gasteiger partial charge >= 0.3 is 0 Å². The number of carbonyl (C=O) groups is 1. The van der Waals surface area contributed by atoms with Gasteiger partial charge in [0.1, 0.15) is 0 Å². The summed E-state index contributed by atoms with van der Waals surface area (Å²) in [6, 6.07) is 0. The minimum atomic E-state index is -0.189. The third-order valence-corrected chi connectivity index (χ3v) is 2.81. The molecular weight excluding hydrogens is 188 g/mol. The van der Waals surface area contributed by atoms with Crippen LogP contribution in [0.1, 0.15) is 27.2 Å². The summed E-state index contributed by atoms with van der Waals surface area (Å²) >= 11 is 0. The van der Waals surface area contributed by atoms with Crippen LogP contribution in [-0.2, 0) is 4.79 Å². The van der Waals surface area contributed by atoms with E-state index in [1.54, 1.807) is 6.08 Å². The van der Waals surface area contributed by atoms with Gasteiger partial charge in [-0.15, -0.1) is 0 Å². The molecule has 0 heterocycles. The van der Waals surface area contributed by atoms with Gasteiger partial charge < -0.3 is 5.11 Å². The first kappa shape index (κ1) is 11.8. The van der Waals surface area contributed by atoms with Gasteiger partial charge in [0.15, 0.2) is 12.0 Å². The van der Waals surface area contributed by atoms with E-state index in [-0.39, 0.29) is 17.1 Å². The van der Waals surface area contributed by atoms with E-state index in [9.17, 15) is 9.90 Å². The van der Waals surface area contributed by atoms with Gasteiger partial charge in [0, 0.05) is 5.92 Å². The van der Waals surface area contributed by atoms with Crippen molar-refractivity contribution in [2.24, 2.45) is 11.3 Å². The lowest BCUT2D eigenvalue weighted by atomic mass is 9.74. The molecule has 0 aliphatic heterocycles. The van der Waals surface area contributed by atoms with Crippen LogP contribution in [0.25, 0.3) is 0 Å². The van der Waals surface area contributed by atoms with Crippen molar-refractivity contribution < 1.29 is 9.90 Å². The molecule has 0 saturated heterocycles. The molecule has 0 aromatic rings. The zero-order valence-electron chi connectivity index (χ0n) is 9.53. The van der Waals surface area contributed by atoms with Crippen molar-refractivity contribution in [2.45, 2.75) is 27.2 Å². The molecule has 0 bridgehead atoms. The minimum Gasteiger partial charge on any atom is -0.505 e. The third-order valence-electron chi connectivity index (χ3n) is 2.81. The molecule has 0 aromatic heterocycles. The highest BCUT2D eigenvalue weighted by Gasteiger charge is 2.26. The molecule has 82 valence electrons. The van der Waals surface area contributed by atoms with Gasteiger partial charge in [-0.3, -0.25) is 4.79 Å². The molecule has 1 unspecified atom stereocenters. The fourth-order valence-corrected chi connectivity index (χ4v) is 1.81. The SMILES string of the molecule is CCC1=CC(C)(C)C(C=C(O)C=O)C=C1. The van der Waals surface area contributed by atoms with Crippen LogP contribution in [0.4, 0.5) is 0 Å². The van der Waals surface area contributed by atoms with E-state index >= 15 is 0 Å². The molecule has 0 aromatic carbocycles. The summed E-state index contributed by atoms with van der Waals surface area (Å²) in [5.41, 5.74) is 1.26. The third kappa shape index (κ3) is 2.82. The van der Waals surface area contributed by atoms with E-state index in [2.05, 4.69) is 32.9 Å². The Labute approximate surface area is 91.0 Å². The molecule has 0 spiro atoms. The van der Waals surface area contributed by atoms with E-state index in [1.807, 2.05) is 6.08 Å². The molecule has 1 aliphatic rings. The average Bonchev–Trinajstić information content (AvgIpc) is 2.20. The van der Waals surface area contributed by atoms with Crippen molar-refractivity contribution in [2.75, 3.05) is 0 Å². The fraction of sp³-hybridized carbons (Fsp3) is 0.462. The Morgan fingerprint density at radius 2 is 2.27 bits per heavy atom. The monoisotopic (exact) mass is 206 g/mol. The van der Waals surface area contributed by atoms with Crippen LogP contribution in [-0.4, -0.2) is 11.4 Å².